The quantitative estimate of drug-likeness (QED) is 0.360. The van der Waals surface area contributed by atoms with Crippen LogP contribution in [0.2, 0.25) is 0 Å². The molecule has 0 aliphatic rings. The van der Waals surface area contributed by atoms with Gasteiger partial charge >= 0.3 is 0 Å². The third-order valence-electron chi connectivity index (χ3n) is 6.37. The van der Waals surface area contributed by atoms with Crippen molar-refractivity contribution in [2.24, 2.45) is 5.73 Å². The Bertz CT molecular complexity index is 1660. The van der Waals surface area contributed by atoms with E-state index in [0.717, 1.165) is 22.6 Å². The van der Waals surface area contributed by atoms with Crippen molar-refractivity contribution >= 4 is 9.84 Å². The number of nitrogens with two attached hydrogens (primary N) is 1. The predicted octanol–water partition coefficient (Wildman–Crippen LogP) is 4.20. The summed E-state index contributed by atoms with van der Waals surface area (Å²) < 4.78 is 61.3. The number of sulfone groups is 1. The topological polar surface area (TPSA) is 104 Å². The van der Waals surface area contributed by atoms with Crippen LogP contribution in [-0.2, 0) is 22.8 Å². The number of aromatic nitrogens is 2. The molecule has 2 N–H and O–H groups in total. The van der Waals surface area contributed by atoms with Gasteiger partial charge in [-0.05, 0) is 36.2 Å². The van der Waals surface area contributed by atoms with Gasteiger partial charge in [0.05, 0.1) is 29.8 Å². The summed E-state index contributed by atoms with van der Waals surface area (Å²) in [7, 11) is -2.46. The van der Waals surface area contributed by atoms with Crippen LogP contribution in [0.25, 0.3) is 11.1 Å². The van der Waals surface area contributed by atoms with Crippen LogP contribution >= 0.6 is 0 Å². The van der Waals surface area contributed by atoms with Gasteiger partial charge in [0.25, 0.3) is 5.56 Å². The number of benzene rings is 3. The zero-order valence-electron chi connectivity index (χ0n) is 21.1. The Kier molecular flexibility index (Phi) is 7.75. The van der Waals surface area contributed by atoms with Crippen LogP contribution in [0.1, 0.15) is 28.4 Å². The molecule has 0 amide bonds. The molecule has 198 valence electrons. The molecule has 1 unspecified atom stereocenters. The summed E-state index contributed by atoms with van der Waals surface area (Å²) >= 11 is 0. The van der Waals surface area contributed by atoms with Gasteiger partial charge in [-0.3, -0.25) is 4.79 Å². The second-order valence-electron chi connectivity index (χ2n) is 8.94. The molecule has 7 nitrogen and oxygen atoms in total. The molecule has 0 bridgehead atoms. The first kappa shape index (κ1) is 27.2. The molecular weight excluding hydrogens is 512 g/mol. The minimum absolute atomic E-state index is 0.00362. The van der Waals surface area contributed by atoms with Gasteiger partial charge in [-0.25, -0.2) is 21.9 Å². The fourth-order valence-corrected chi connectivity index (χ4v) is 5.33. The average Bonchev–Trinajstić information content (AvgIpc) is 2.88. The lowest BCUT2D eigenvalue weighted by Gasteiger charge is -2.19. The fraction of sp³-hybridized carbons (Fsp3) is 0.214. The first-order valence-electron chi connectivity index (χ1n) is 11.7. The minimum atomic E-state index is -3.77. The zero-order valence-corrected chi connectivity index (χ0v) is 21.9. The van der Waals surface area contributed by atoms with Crippen LogP contribution in [0.5, 0.6) is 5.75 Å². The summed E-state index contributed by atoms with van der Waals surface area (Å²) in [5, 5.41) is 4.46. The predicted molar refractivity (Wildman–Crippen MR) is 141 cm³/mol. The molecule has 1 atom stereocenters. The van der Waals surface area contributed by atoms with E-state index in [4.69, 9.17) is 10.5 Å². The van der Waals surface area contributed by atoms with E-state index < -0.39 is 33.1 Å². The Balaban J connectivity index is 1.95. The molecular formula is C28H27F2N3O4S. The number of nitrogens with zero attached hydrogens (tertiary/aromatic N) is 2. The van der Waals surface area contributed by atoms with Gasteiger partial charge < -0.3 is 10.5 Å². The molecule has 0 spiro atoms. The summed E-state index contributed by atoms with van der Waals surface area (Å²) in [5.74, 6) is -1.53. The molecule has 0 radical (unpaired) electrons. The molecule has 0 saturated heterocycles. The van der Waals surface area contributed by atoms with Crippen LogP contribution < -0.4 is 16.0 Å². The average molecular weight is 540 g/mol. The molecule has 0 fully saturated rings. The van der Waals surface area contributed by atoms with E-state index in [1.165, 1.54) is 31.4 Å². The summed E-state index contributed by atoms with van der Waals surface area (Å²) in [4.78, 5) is 13.5. The number of hydrogen-bond donors (Lipinski definition) is 1. The maximum Gasteiger partial charge on any atom is 0.275 e. The highest BCUT2D eigenvalue weighted by Crippen LogP contribution is 2.31. The van der Waals surface area contributed by atoms with E-state index in [0.29, 0.717) is 0 Å². The van der Waals surface area contributed by atoms with Crippen molar-refractivity contribution in [2.45, 2.75) is 30.8 Å². The van der Waals surface area contributed by atoms with Crippen LogP contribution in [0.15, 0.2) is 76.4 Å². The minimum Gasteiger partial charge on any atom is -0.494 e. The maximum absolute atomic E-state index is 15.4. The summed E-state index contributed by atoms with van der Waals surface area (Å²) in [6, 6.07) is 16.7. The van der Waals surface area contributed by atoms with Crippen molar-refractivity contribution in [3.8, 4) is 16.9 Å². The standard InChI is InChI=1S/C28H27F2N3O4S/c1-17-23(15-20-21(29)12-8-14-25(20)38(3,35)36)32-33(16-22(31)18-9-5-4-6-10-18)28(34)26(17)19-11-7-13-24(37-2)27(19)30/h4-14,22H,15-16,31H2,1-3H3. The fourth-order valence-electron chi connectivity index (χ4n) is 4.39. The molecule has 1 aromatic heterocycles. The Morgan fingerprint density at radius 1 is 1.03 bits per heavy atom. The Morgan fingerprint density at radius 3 is 2.37 bits per heavy atom. The monoisotopic (exact) mass is 539 g/mol. The Labute approximate surface area is 219 Å². The van der Waals surface area contributed by atoms with Crippen molar-refractivity contribution in [3.05, 3.63) is 111 Å². The zero-order chi connectivity index (χ0) is 27.6. The summed E-state index contributed by atoms with van der Waals surface area (Å²) in [6.07, 6.45) is 0.739. The first-order chi connectivity index (χ1) is 18.0. The third-order valence-corrected chi connectivity index (χ3v) is 7.55. The lowest BCUT2D eigenvalue weighted by atomic mass is 9.97. The highest BCUT2D eigenvalue weighted by molar-refractivity contribution is 7.90. The van der Waals surface area contributed by atoms with Crippen LogP contribution in [0.4, 0.5) is 8.78 Å². The van der Waals surface area contributed by atoms with E-state index in [2.05, 4.69) is 5.10 Å². The van der Waals surface area contributed by atoms with E-state index in [1.807, 2.05) is 30.3 Å². The lowest BCUT2D eigenvalue weighted by Crippen LogP contribution is -2.32. The number of ether oxygens (including phenoxy) is 1. The van der Waals surface area contributed by atoms with Crippen molar-refractivity contribution in [2.75, 3.05) is 13.4 Å². The summed E-state index contributed by atoms with van der Waals surface area (Å²) in [6.45, 7) is 1.52. The second kappa shape index (κ2) is 10.8. The SMILES string of the molecule is COc1cccc(-c2c(C)c(Cc3c(F)cccc3S(C)(=O)=O)nn(CC(N)c3ccccc3)c2=O)c1F. The number of hydrogen-bond acceptors (Lipinski definition) is 6. The normalized spacial score (nSPS) is 12.4. The first-order valence-corrected chi connectivity index (χ1v) is 13.6. The van der Waals surface area contributed by atoms with E-state index in [9.17, 15) is 17.6 Å². The smallest absolute Gasteiger partial charge is 0.275 e. The molecule has 4 aromatic rings. The van der Waals surface area contributed by atoms with Gasteiger partial charge in [0.15, 0.2) is 21.4 Å². The van der Waals surface area contributed by atoms with Gasteiger partial charge in [-0.1, -0.05) is 48.5 Å². The van der Waals surface area contributed by atoms with Crippen LogP contribution in [0, 0.1) is 18.6 Å². The molecule has 4 rings (SSSR count). The number of rotatable bonds is 8. The van der Waals surface area contributed by atoms with Crippen molar-refractivity contribution in [1.82, 2.24) is 9.78 Å². The van der Waals surface area contributed by atoms with Crippen molar-refractivity contribution in [1.29, 1.82) is 0 Å². The second-order valence-corrected chi connectivity index (χ2v) is 10.9. The third kappa shape index (κ3) is 5.36. The van der Waals surface area contributed by atoms with Gasteiger partial charge in [0.2, 0.25) is 0 Å². The molecule has 0 aliphatic heterocycles. The largest absolute Gasteiger partial charge is 0.494 e. The molecule has 3 aromatic carbocycles. The molecule has 10 heteroatoms. The Hall–Kier alpha value is -3.89. The van der Waals surface area contributed by atoms with E-state index in [-0.39, 0.29) is 51.6 Å². The van der Waals surface area contributed by atoms with Gasteiger partial charge in [0, 0.05) is 29.8 Å². The maximum atomic E-state index is 15.4. The van der Waals surface area contributed by atoms with Crippen LogP contribution in [0.3, 0.4) is 0 Å². The number of halogens is 2. The number of methoxy groups -OCH3 is 1. The Morgan fingerprint density at radius 2 is 1.71 bits per heavy atom. The van der Waals surface area contributed by atoms with E-state index in [1.54, 1.807) is 13.0 Å². The summed E-state index contributed by atoms with van der Waals surface area (Å²) in [5.41, 5.74) is 6.91. The highest BCUT2D eigenvalue weighted by Gasteiger charge is 2.24. The van der Waals surface area contributed by atoms with Gasteiger partial charge in [0.1, 0.15) is 5.82 Å². The molecule has 38 heavy (non-hydrogen) atoms. The molecule has 0 saturated carbocycles. The van der Waals surface area contributed by atoms with E-state index >= 15 is 4.39 Å². The lowest BCUT2D eigenvalue weighted by molar-refractivity contribution is 0.387. The van der Waals surface area contributed by atoms with Crippen molar-refractivity contribution in [3.63, 3.8) is 0 Å². The van der Waals surface area contributed by atoms with Gasteiger partial charge in [-0.15, -0.1) is 0 Å². The molecule has 0 aliphatic carbocycles. The van der Waals surface area contributed by atoms with Gasteiger partial charge in [-0.2, -0.15) is 5.10 Å². The van der Waals surface area contributed by atoms with Crippen molar-refractivity contribution < 1.29 is 21.9 Å². The highest BCUT2D eigenvalue weighted by atomic mass is 32.2. The van der Waals surface area contributed by atoms with Crippen LogP contribution in [-0.4, -0.2) is 31.6 Å². The molecule has 1 heterocycles.